The van der Waals surface area contributed by atoms with Gasteiger partial charge in [0.15, 0.2) is 5.69 Å². The molecule has 6 heteroatoms. The molecule has 1 aromatic heterocycles. The topological polar surface area (TPSA) is 91.3 Å². The molecule has 0 aliphatic carbocycles. The second kappa shape index (κ2) is 6.04. The summed E-state index contributed by atoms with van der Waals surface area (Å²) < 4.78 is 0. The average Bonchev–Trinajstić information content (AvgIpc) is 2.44. The quantitative estimate of drug-likeness (QED) is 0.808. The fourth-order valence-electron chi connectivity index (χ4n) is 1.84. The first-order chi connectivity index (χ1) is 9.99. The standard InChI is InChI=1S/C15H15N3O3/c1-9-5-3-6-11(10(9)2)17-15(21)18-12-7-4-8-16-13(12)14(19)20/h3-8H,1-2H3,(H,19,20)(H2,17,18,21). The van der Waals surface area contributed by atoms with Crippen LogP contribution in [0.4, 0.5) is 16.2 Å². The Labute approximate surface area is 121 Å². The first kappa shape index (κ1) is 14.5. The van der Waals surface area contributed by atoms with Crippen LogP contribution in [0, 0.1) is 13.8 Å². The molecule has 2 aromatic rings. The van der Waals surface area contributed by atoms with Gasteiger partial charge in [0.05, 0.1) is 5.69 Å². The highest BCUT2D eigenvalue weighted by atomic mass is 16.4. The van der Waals surface area contributed by atoms with Crippen LogP contribution < -0.4 is 10.6 Å². The second-order valence-corrected chi connectivity index (χ2v) is 4.53. The first-order valence-electron chi connectivity index (χ1n) is 6.31. The van der Waals surface area contributed by atoms with E-state index in [0.717, 1.165) is 11.1 Å². The summed E-state index contributed by atoms with van der Waals surface area (Å²) in [5.74, 6) is -1.20. The summed E-state index contributed by atoms with van der Waals surface area (Å²) >= 11 is 0. The number of aryl methyl sites for hydroxylation is 1. The van der Waals surface area contributed by atoms with Gasteiger partial charge in [0.25, 0.3) is 0 Å². The van der Waals surface area contributed by atoms with Crippen LogP contribution in [-0.2, 0) is 0 Å². The third kappa shape index (κ3) is 3.36. The van der Waals surface area contributed by atoms with E-state index < -0.39 is 12.0 Å². The predicted molar refractivity (Wildman–Crippen MR) is 79.8 cm³/mol. The van der Waals surface area contributed by atoms with Gasteiger partial charge in [-0.3, -0.25) is 0 Å². The zero-order valence-corrected chi connectivity index (χ0v) is 11.7. The summed E-state index contributed by atoms with van der Waals surface area (Å²) in [6, 6.07) is 8.09. The van der Waals surface area contributed by atoms with E-state index in [2.05, 4.69) is 15.6 Å². The molecule has 0 aliphatic rings. The largest absolute Gasteiger partial charge is 0.476 e. The molecular weight excluding hydrogens is 270 g/mol. The molecule has 21 heavy (non-hydrogen) atoms. The van der Waals surface area contributed by atoms with Crippen molar-refractivity contribution in [3.63, 3.8) is 0 Å². The molecule has 2 amide bonds. The molecular formula is C15H15N3O3. The van der Waals surface area contributed by atoms with E-state index in [9.17, 15) is 9.59 Å². The van der Waals surface area contributed by atoms with Crippen LogP contribution >= 0.6 is 0 Å². The van der Waals surface area contributed by atoms with Crippen molar-refractivity contribution in [3.05, 3.63) is 53.3 Å². The number of carboxylic acids is 1. The van der Waals surface area contributed by atoms with Crippen LogP contribution in [-0.4, -0.2) is 22.1 Å². The Balaban J connectivity index is 2.16. The summed E-state index contributed by atoms with van der Waals surface area (Å²) in [5.41, 5.74) is 2.63. The Morgan fingerprint density at radius 1 is 1.05 bits per heavy atom. The summed E-state index contributed by atoms with van der Waals surface area (Å²) in [4.78, 5) is 26.7. The molecule has 0 unspecified atom stereocenters. The van der Waals surface area contributed by atoms with Crippen molar-refractivity contribution in [2.45, 2.75) is 13.8 Å². The smallest absolute Gasteiger partial charge is 0.356 e. The Bertz CT molecular complexity index is 698. The second-order valence-electron chi connectivity index (χ2n) is 4.53. The molecule has 0 bridgehead atoms. The van der Waals surface area contributed by atoms with Crippen molar-refractivity contribution in [3.8, 4) is 0 Å². The lowest BCUT2D eigenvalue weighted by Gasteiger charge is -2.12. The summed E-state index contributed by atoms with van der Waals surface area (Å²) in [5, 5.41) is 14.2. The maximum Gasteiger partial charge on any atom is 0.356 e. The van der Waals surface area contributed by atoms with Gasteiger partial charge in [-0.25, -0.2) is 14.6 Å². The Hall–Kier alpha value is -2.89. The number of hydrogen-bond donors (Lipinski definition) is 3. The number of carbonyl (C=O) groups is 2. The van der Waals surface area contributed by atoms with Crippen molar-refractivity contribution in [1.29, 1.82) is 0 Å². The third-order valence-corrected chi connectivity index (χ3v) is 3.11. The molecule has 0 fully saturated rings. The molecule has 2 rings (SSSR count). The van der Waals surface area contributed by atoms with E-state index in [0.29, 0.717) is 5.69 Å². The fourth-order valence-corrected chi connectivity index (χ4v) is 1.84. The van der Waals surface area contributed by atoms with E-state index in [1.54, 1.807) is 12.1 Å². The van der Waals surface area contributed by atoms with Crippen molar-refractivity contribution >= 4 is 23.4 Å². The van der Waals surface area contributed by atoms with Gasteiger partial charge in [0.1, 0.15) is 0 Å². The molecule has 0 spiro atoms. The lowest BCUT2D eigenvalue weighted by atomic mass is 10.1. The van der Waals surface area contributed by atoms with Gasteiger partial charge in [-0.1, -0.05) is 12.1 Å². The number of nitrogens with one attached hydrogen (secondary N) is 2. The Morgan fingerprint density at radius 3 is 2.43 bits per heavy atom. The number of amides is 2. The number of hydrogen-bond acceptors (Lipinski definition) is 3. The zero-order chi connectivity index (χ0) is 15.4. The third-order valence-electron chi connectivity index (χ3n) is 3.11. The average molecular weight is 285 g/mol. The van der Waals surface area contributed by atoms with Crippen LogP contribution in [0.2, 0.25) is 0 Å². The number of rotatable bonds is 3. The molecule has 0 saturated heterocycles. The summed E-state index contributed by atoms with van der Waals surface area (Å²) in [7, 11) is 0. The number of anilines is 2. The number of carbonyl (C=O) groups excluding carboxylic acids is 1. The van der Waals surface area contributed by atoms with Gasteiger partial charge in [0, 0.05) is 11.9 Å². The molecule has 0 radical (unpaired) electrons. The highest BCUT2D eigenvalue weighted by molar-refractivity contribution is 6.04. The Kier molecular flexibility index (Phi) is 4.18. The van der Waals surface area contributed by atoms with Crippen LogP contribution in [0.5, 0.6) is 0 Å². The van der Waals surface area contributed by atoms with Gasteiger partial charge < -0.3 is 15.7 Å². The van der Waals surface area contributed by atoms with Gasteiger partial charge in [-0.2, -0.15) is 0 Å². The number of aromatic nitrogens is 1. The van der Waals surface area contributed by atoms with Gasteiger partial charge in [-0.05, 0) is 43.2 Å². The lowest BCUT2D eigenvalue weighted by Crippen LogP contribution is -2.22. The van der Waals surface area contributed by atoms with Crippen molar-refractivity contribution in [2.75, 3.05) is 10.6 Å². The van der Waals surface area contributed by atoms with Crippen LogP contribution in [0.25, 0.3) is 0 Å². The number of aromatic carboxylic acids is 1. The Morgan fingerprint density at radius 2 is 1.71 bits per heavy atom. The van der Waals surface area contributed by atoms with Gasteiger partial charge >= 0.3 is 12.0 Å². The molecule has 0 aliphatic heterocycles. The monoisotopic (exact) mass is 285 g/mol. The molecule has 6 nitrogen and oxygen atoms in total. The highest BCUT2D eigenvalue weighted by Gasteiger charge is 2.13. The number of benzene rings is 1. The summed E-state index contributed by atoms with van der Waals surface area (Å²) in [6.45, 7) is 3.85. The van der Waals surface area contributed by atoms with Crippen LogP contribution in [0.3, 0.4) is 0 Å². The number of urea groups is 1. The maximum atomic E-state index is 12.0. The molecule has 0 saturated carbocycles. The molecule has 1 aromatic carbocycles. The lowest BCUT2D eigenvalue weighted by molar-refractivity contribution is 0.0692. The minimum atomic E-state index is -1.20. The predicted octanol–water partition coefficient (Wildman–Crippen LogP) is 3.04. The van der Waals surface area contributed by atoms with Crippen molar-refractivity contribution < 1.29 is 14.7 Å². The molecule has 0 atom stereocenters. The number of nitrogens with zero attached hydrogens (tertiary/aromatic N) is 1. The van der Waals surface area contributed by atoms with Crippen LogP contribution in [0.1, 0.15) is 21.6 Å². The van der Waals surface area contributed by atoms with Gasteiger partial charge in [-0.15, -0.1) is 0 Å². The maximum absolute atomic E-state index is 12.0. The van der Waals surface area contributed by atoms with Gasteiger partial charge in [0.2, 0.25) is 0 Å². The van der Waals surface area contributed by atoms with Crippen LogP contribution in [0.15, 0.2) is 36.5 Å². The minimum absolute atomic E-state index is 0.146. The molecule has 108 valence electrons. The SMILES string of the molecule is Cc1cccc(NC(=O)Nc2cccnc2C(=O)O)c1C. The van der Waals surface area contributed by atoms with E-state index in [1.807, 2.05) is 26.0 Å². The first-order valence-corrected chi connectivity index (χ1v) is 6.31. The molecule has 1 heterocycles. The summed E-state index contributed by atoms with van der Waals surface area (Å²) in [6.07, 6.45) is 1.36. The van der Waals surface area contributed by atoms with E-state index in [-0.39, 0.29) is 11.4 Å². The number of pyridine rings is 1. The van der Waals surface area contributed by atoms with Crippen molar-refractivity contribution in [2.24, 2.45) is 0 Å². The van der Waals surface area contributed by atoms with E-state index in [4.69, 9.17) is 5.11 Å². The highest BCUT2D eigenvalue weighted by Crippen LogP contribution is 2.19. The fraction of sp³-hybridized carbons (Fsp3) is 0.133. The normalized spacial score (nSPS) is 10.0. The van der Waals surface area contributed by atoms with E-state index >= 15 is 0 Å². The number of carboxylic acid groups (broad SMARTS) is 1. The van der Waals surface area contributed by atoms with Crippen molar-refractivity contribution in [1.82, 2.24) is 4.98 Å². The molecule has 3 N–H and O–H groups in total. The van der Waals surface area contributed by atoms with E-state index in [1.165, 1.54) is 12.3 Å². The minimum Gasteiger partial charge on any atom is -0.476 e. The zero-order valence-electron chi connectivity index (χ0n) is 11.7.